The molecule has 3 nitrogen and oxygen atoms in total. The number of halogens is 2. The van der Waals surface area contributed by atoms with Crippen molar-refractivity contribution in [3.63, 3.8) is 0 Å². The van der Waals surface area contributed by atoms with Crippen molar-refractivity contribution in [1.29, 1.82) is 10.5 Å². The topological polar surface area (TPSA) is 59.6 Å². The summed E-state index contributed by atoms with van der Waals surface area (Å²) in [6.07, 6.45) is 0. The zero-order valence-corrected chi connectivity index (χ0v) is 11.1. The number of nitriles is 2. The predicted molar refractivity (Wildman–Crippen MR) is 74.6 cm³/mol. The molecule has 20 heavy (non-hydrogen) atoms. The molecule has 0 bridgehead atoms. The van der Waals surface area contributed by atoms with Gasteiger partial charge in [0.2, 0.25) is 0 Å². The van der Waals surface area contributed by atoms with Crippen LogP contribution in [-0.4, -0.2) is 0 Å². The molecule has 0 aliphatic heterocycles. The van der Waals surface area contributed by atoms with Crippen molar-refractivity contribution < 1.29 is 4.39 Å². The molecule has 0 spiro atoms. The molecule has 0 radical (unpaired) electrons. The Labute approximate surface area is 120 Å². The third-order valence-corrected chi connectivity index (χ3v) is 2.99. The van der Waals surface area contributed by atoms with E-state index in [-0.39, 0.29) is 17.9 Å². The Morgan fingerprint density at radius 3 is 2.45 bits per heavy atom. The van der Waals surface area contributed by atoms with E-state index >= 15 is 0 Å². The summed E-state index contributed by atoms with van der Waals surface area (Å²) in [4.78, 5) is 0. The van der Waals surface area contributed by atoms with E-state index in [1.54, 1.807) is 30.3 Å². The lowest BCUT2D eigenvalue weighted by molar-refractivity contribution is 0.613. The number of hydrogen-bond acceptors (Lipinski definition) is 3. The molecule has 0 aliphatic rings. The lowest BCUT2D eigenvalue weighted by Crippen LogP contribution is -2.02. The van der Waals surface area contributed by atoms with Gasteiger partial charge in [-0.1, -0.05) is 17.7 Å². The Balaban J connectivity index is 2.16. The molecule has 2 aromatic carbocycles. The first-order valence-corrected chi connectivity index (χ1v) is 6.14. The largest absolute Gasteiger partial charge is 0.381 e. The van der Waals surface area contributed by atoms with Crippen LogP contribution >= 0.6 is 11.6 Å². The first-order chi connectivity index (χ1) is 9.63. The van der Waals surface area contributed by atoms with Gasteiger partial charge in [0, 0.05) is 22.8 Å². The van der Waals surface area contributed by atoms with Crippen molar-refractivity contribution in [2.45, 2.75) is 6.54 Å². The van der Waals surface area contributed by atoms with E-state index in [1.165, 1.54) is 6.07 Å². The second kappa shape index (κ2) is 6.06. The molecule has 98 valence electrons. The summed E-state index contributed by atoms with van der Waals surface area (Å²) < 4.78 is 13.6. The zero-order chi connectivity index (χ0) is 14.5. The third kappa shape index (κ3) is 3.06. The molecule has 0 fully saturated rings. The smallest absolute Gasteiger partial charge is 0.129 e. The summed E-state index contributed by atoms with van der Waals surface area (Å²) in [5, 5.41) is 21.1. The maximum Gasteiger partial charge on any atom is 0.129 e. The zero-order valence-electron chi connectivity index (χ0n) is 10.3. The standard InChI is InChI=1S/C15H9ClFN3/c16-13-3-1-11(15(17)6-13)9-20-14-4-2-10(7-18)12(5-14)8-19/h1-6,20H,9H2. The van der Waals surface area contributed by atoms with E-state index in [0.29, 0.717) is 21.8 Å². The van der Waals surface area contributed by atoms with Gasteiger partial charge in [-0.2, -0.15) is 10.5 Å². The average molecular weight is 286 g/mol. The van der Waals surface area contributed by atoms with Gasteiger partial charge in [-0.3, -0.25) is 0 Å². The highest BCUT2D eigenvalue weighted by Crippen LogP contribution is 2.18. The van der Waals surface area contributed by atoms with Gasteiger partial charge in [0.1, 0.15) is 18.0 Å². The number of benzene rings is 2. The Morgan fingerprint density at radius 1 is 1.05 bits per heavy atom. The molecule has 0 atom stereocenters. The van der Waals surface area contributed by atoms with Crippen molar-refractivity contribution in [2.24, 2.45) is 0 Å². The highest BCUT2D eigenvalue weighted by molar-refractivity contribution is 6.30. The molecule has 5 heteroatoms. The van der Waals surface area contributed by atoms with Crippen molar-refractivity contribution in [2.75, 3.05) is 5.32 Å². The van der Waals surface area contributed by atoms with E-state index < -0.39 is 0 Å². The Bertz CT molecular complexity index is 729. The fourth-order valence-electron chi connectivity index (χ4n) is 1.71. The minimum absolute atomic E-state index is 0.264. The van der Waals surface area contributed by atoms with Gasteiger partial charge in [-0.25, -0.2) is 4.39 Å². The van der Waals surface area contributed by atoms with Crippen LogP contribution in [0.1, 0.15) is 16.7 Å². The van der Waals surface area contributed by atoms with Crippen LogP contribution in [0.5, 0.6) is 0 Å². The van der Waals surface area contributed by atoms with Crippen molar-refractivity contribution in [1.82, 2.24) is 0 Å². The van der Waals surface area contributed by atoms with Crippen molar-refractivity contribution in [3.8, 4) is 12.1 Å². The molecule has 0 saturated carbocycles. The second-order valence-electron chi connectivity index (χ2n) is 4.07. The molecule has 0 heterocycles. The van der Waals surface area contributed by atoms with Crippen molar-refractivity contribution in [3.05, 3.63) is 63.9 Å². The van der Waals surface area contributed by atoms with E-state index in [2.05, 4.69) is 5.32 Å². The van der Waals surface area contributed by atoms with Crippen LogP contribution in [0.4, 0.5) is 10.1 Å². The number of nitrogens with one attached hydrogen (secondary N) is 1. The van der Waals surface area contributed by atoms with Crippen LogP contribution in [-0.2, 0) is 6.54 Å². The summed E-state index contributed by atoms with van der Waals surface area (Å²) in [6.45, 7) is 0.264. The lowest BCUT2D eigenvalue weighted by atomic mass is 10.1. The lowest BCUT2D eigenvalue weighted by Gasteiger charge is -2.08. The van der Waals surface area contributed by atoms with Crippen LogP contribution in [0.25, 0.3) is 0 Å². The molecule has 1 N–H and O–H groups in total. The maximum absolute atomic E-state index is 13.6. The van der Waals surface area contributed by atoms with E-state index in [4.69, 9.17) is 22.1 Å². The summed E-state index contributed by atoms with van der Waals surface area (Å²) >= 11 is 5.68. The summed E-state index contributed by atoms with van der Waals surface area (Å²) in [5.74, 6) is -0.390. The minimum atomic E-state index is -0.390. The van der Waals surface area contributed by atoms with Crippen LogP contribution < -0.4 is 5.32 Å². The first-order valence-electron chi connectivity index (χ1n) is 5.76. The van der Waals surface area contributed by atoms with E-state index in [9.17, 15) is 4.39 Å². The molecule has 0 aromatic heterocycles. The molecule has 0 saturated heterocycles. The number of rotatable bonds is 3. The van der Waals surface area contributed by atoms with Gasteiger partial charge in [0.25, 0.3) is 0 Å². The molecular weight excluding hydrogens is 277 g/mol. The number of hydrogen-bond donors (Lipinski definition) is 1. The summed E-state index contributed by atoms with van der Waals surface area (Å²) in [6, 6.07) is 13.1. The average Bonchev–Trinajstić information content (AvgIpc) is 2.46. The van der Waals surface area contributed by atoms with Gasteiger partial charge in [-0.15, -0.1) is 0 Å². The molecule has 2 aromatic rings. The molecule has 2 rings (SSSR count). The predicted octanol–water partition coefficient (Wildman–Crippen LogP) is 3.83. The minimum Gasteiger partial charge on any atom is -0.381 e. The number of anilines is 1. The van der Waals surface area contributed by atoms with Crippen molar-refractivity contribution >= 4 is 17.3 Å². The van der Waals surface area contributed by atoms with Gasteiger partial charge in [0.15, 0.2) is 0 Å². The normalized spacial score (nSPS) is 9.60. The van der Waals surface area contributed by atoms with E-state index in [1.807, 2.05) is 12.1 Å². The maximum atomic E-state index is 13.6. The third-order valence-electron chi connectivity index (χ3n) is 2.76. The Hall–Kier alpha value is -2.56. The Morgan fingerprint density at radius 2 is 1.80 bits per heavy atom. The van der Waals surface area contributed by atoms with Crippen LogP contribution in [0.15, 0.2) is 36.4 Å². The molecule has 0 amide bonds. The molecule has 0 unspecified atom stereocenters. The first kappa shape index (κ1) is 13.9. The van der Waals surface area contributed by atoms with Gasteiger partial charge < -0.3 is 5.32 Å². The quantitative estimate of drug-likeness (QED) is 0.932. The highest BCUT2D eigenvalue weighted by Gasteiger charge is 2.05. The summed E-state index contributed by atoms with van der Waals surface area (Å²) in [7, 11) is 0. The highest BCUT2D eigenvalue weighted by atomic mass is 35.5. The number of nitrogens with zero attached hydrogens (tertiary/aromatic N) is 2. The second-order valence-corrected chi connectivity index (χ2v) is 4.51. The Kier molecular flexibility index (Phi) is 4.20. The van der Waals surface area contributed by atoms with Crippen LogP contribution in [0.2, 0.25) is 5.02 Å². The fourth-order valence-corrected chi connectivity index (χ4v) is 1.87. The fraction of sp³-hybridized carbons (Fsp3) is 0.0667. The molecule has 0 aliphatic carbocycles. The van der Waals surface area contributed by atoms with Crippen LogP contribution in [0.3, 0.4) is 0 Å². The summed E-state index contributed by atoms with van der Waals surface area (Å²) in [5.41, 5.74) is 1.72. The molecular formula is C15H9ClFN3. The van der Waals surface area contributed by atoms with Gasteiger partial charge in [0.05, 0.1) is 11.1 Å². The van der Waals surface area contributed by atoms with Gasteiger partial charge in [-0.05, 0) is 30.3 Å². The van der Waals surface area contributed by atoms with E-state index in [0.717, 1.165) is 0 Å². The van der Waals surface area contributed by atoms with Gasteiger partial charge >= 0.3 is 0 Å². The monoisotopic (exact) mass is 285 g/mol. The van der Waals surface area contributed by atoms with Crippen LogP contribution in [0, 0.1) is 28.5 Å². The SMILES string of the molecule is N#Cc1ccc(NCc2ccc(Cl)cc2F)cc1C#N.